The van der Waals surface area contributed by atoms with Gasteiger partial charge in [-0.3, -0.25) is 0 Å². The maximum atomic E-state index is 10.1. The molecule has 1 aromatic heterocycles. The lowest BCUT2D eigenvalue weighted by Crippen LogP contribution is -2.05. The Balaban J connectivity index is 2.64. The van der Waals surface area contributed by atoms with E-state index in [4.69, 9.17) is 5.11 Å². The minimum atomic E-state index is -1.38. The van der Waals surface area contributed by atoms with Gasteiger partial charge in [-0.1, -0.05) is 0 Å². The highest BCUT2D eigenvalue weighted by atomic mass is 16.7. The van der Waals surface area contributed by atoms with Crippen LogP contribution in [-0.2, 0) is 0 Å². The Kier molecular flexibility index (Phi) is 3.02. The van der Waals surface area contributed by atoms with Gasteiger partial charge in [0, 0.05) is 6.54 Å². The molecule has 0 unspecified atom stereocenters. The van der Waals surface area contributed by atoms with Crippen LogP contribution in [0.3, 0.4) is 0 Å². The normalized spacial score (nSPS) is 9.31. The van der Waals surface area contributed by atoms with Crippen LogP contribution in [0.4, 0.5) is 10.7 Å². The Hall–Kier alpha value is -1.85. The molecule has 6 nitrogen and oxygen atoms in total. The third kappa shape index (κ3) is 2.94. The van der Waals surface area contributed by atoms with Gasteiger partial charge in [0.25, 0.3) is 0 Å². The van der Waals surface area contributed by atoms with Crippen LogP contribution < -0.4 is 10.1 Å². The molecular formula is C7H9N3O3. The summed E-state index contributed by atoms with van der Waals surface area (Å²) in [5, 5.41) is 11.1. The van der Waals surface area contributed by atoms with Crippen molar-refractivity contribution in [2.45, 2.75) is 6.92 Å². The molecule has 0 radical (unpaired) electrons. The van der Waals surface area contributed by atoms with Gasteiger partial charge >= 0.3 is 6.16 Å². The van der Waals surface area contributed by atoms with Gasteiger partial charge in [0.05, 0.1) is 12.4 Å². The van der Waals surface area contributed by atoms with Crippen molar-refractivity contribution in [3.05, 3.63) is 12.4 Å². The zero-order valence-electron chi connectivity index (χ0n) is 7.02. The van der Waals surface area contributed by atoms with Crippen LogP contribution in [0.2, 0.25) is 0 Å². The standard InChI is InChI=1S/C7H9N3O3/c1-2-8-6-9-3-5(4-10-6)13-7(11)12/h3-4H,2H2,1H3,(H,11,12)(H,8,9,10). The van der Waals surface area contributed by atoms with E-state index in [9.17, 15) is 4.79 Å². The van der Waals surface area contributed by atoms with E-state index < -0.39 is 6.16 Å². The maximum absolute atomic E-state index is 10.1. The smallest absolute Gasteiger partial charge is 0.449 e. The van der Waals surface area contributed by atoms with Crippen LogP contribution in [0, 0.1) is 0 Å². The molecule has 0 amide bonds. The molecule has 0 bridgehead atoms. The van der Waals surface area contributed by atoms with E-state index in [1.807, 2.05) is 6.92 Å². The number of ether oxygens (including phenoxy) is 1. The SMILES string of the molecule is CCNc1ncc(OC(=O)O)cn1. The van der Waals surface area contributed by atoms with Gasteiger partial charge in [0.1, 0.15) is 0 Å². The summed E-state index contributed by atoms with van der Waals surface area (Å²) in [6.07, 6.45) is 1.21. The van der Waals surface area contributed by atoms with Crippen LogP contribution in [0.1, 0.15) is 6.92 Å². The first-order valence-corrected chi connectivity index (χ1v) is 3.69. The molecule has 0 aliphatic carbocycles. The Labute approximate surface area is 74.6 Å². The largest absolute Gasteiger partial charge is 0.511 e. The van der Waals surface area contributed by atoms with E-state index in [0.717, 1.165) is 0 Å². The second-order valence-corrected chi connectivity index (χ2v) is 2.14. The summed E-state index contributed by atoms with van der Waals surface area (Å²) in [4.78, 5) is 17.7. The first-order valence-electron chi connectivity index (χ1n) is 3.69. The Morgan fingerprint density at radius 2 is 2.23 bits per heavy atom. The number of hydrogen-bond acceptors (Lipinski definition) is 5. The van der Waals surface area contributed by atoms with Gasteiger partial charge in [-0.25, -0.2) is 14.8 Å². The van der Waals surface area contributed by atoms with E-state index >= 15 is 0 Å². The first-order chi connectivity index (χ1) is 6.22. The summed E-state index contributed by atoms with van der Waals surface area (Å²) in [7, 11) is 0. The average molecular weight is 183 g/mol. The molecule has 0 spiro atoms. The molecule has 70 valence electrons. The second-order valence-electron chi connectivity index (χ2n) is 2.14. The minimum Gasteiger partial charge on any atom is -0.449 e. The molecule has 2 N–H and O–H groups in total. The van der Waals surface area contributed by atoms with Crippen molar-refractivity contribution in [1.82, 2.24) is 9.97 Å². The quantitative estimate of drug-likeness (QED) is 0.679. The summed E-state index contributed by atoms with van der Waals surface area (Å²) >= 11 is 0. The van der Waals surface area contributed by atoms with E-state index in [1.54, 1.807) is 0 Å². The van der Waals surface area contributed by atoms with Crippen LogP contribution in [0.15, 0.2) is 12.4 Å². The minimum absolute atomic E-state index is 0.106. The molecule has 13 heavy (non-hydrogen) atoms. The fourth-order valence-electron chi connectivity index (χ4n) is 0.719. The third-order valence-corrected chi connectivity index (χ3v) is 1.17. The summed E-state index contributed by atoms with van der Waals surface area (Å²) in [5.74, 6) is 0.550. The fourth-order valence-corrected chi connectivity index (χ4v) is 0.719. The topological polar surface area (TPSA) is 84.3 Å². The predicted molar refractivity (Wildman–Crippen MR) is 44.8 cm³/mol. The van der Waals surface area contributed by atoms with E-state index in [2.05, 4.69) is 20.0 Å². The van der Waals surface area contributed by atoms with Crippen molar-refractivity contribution >= 4 is 12.1 Å². The fraction of sp³-hybridized carbons (Fsp3) is 0.286. The van der Waals surface area contributed by atoms with Crippen molar-refractivity contribution in [3.63, 3.8) is 0 Å². The van der Waals surface area contributed by atoms with Crippen molar-refractivity contribution < 1.29 is 14.6 Å². The van der Waals surface area contributed by atoms with Crippen molar-refractivity contribution in [2.24, 2.45) is 0 Å². The molecule has 0 aliphatic rings. The van der Waals surface area contributed by atoms with Crippen molar-refractivity contribution in [1.29, 1.82) is 0 Å². The monoisotopic (exact) mass is 183 g/mol. The van der Waals surface area contributed by atoms with Crippen LogP contribution >= 0.6 is 0 Å². The highest BCUT2D eigenvalue weighted by molar-refractivity contribution is 5.60. The van der Waals surface area contributed by atoms with Gasteiger partial charge in [0.15, 0.2) is 5.75 Å². The molecule has 0 atom stereocenters. The number of anilines is 1. The summed E-state index contributed by atoms with van der Waals surface area (Å²) in [6.45, 7) is 2.62. The Morgan fingerprint density at radius 1 is 1.62 bits per heavy atom. The molecule has 0 aliphatic heterocycles. The lowest BCUT2D eigenvalue weighted by atomic mass is 10.6. The zero-order valence-corrected chi connectivity index (χ0v) is 7.02. The van der Waals surface area contributed by atoms with E-state index in [-0.39, 0.29) is 5.75 Å². The zero-order chi connectivity index (χ0) is 9.68. The number of carbonyl (C=O) groups is 1. The molecule has 1 rings (SSSR count). The van der Waals surface area contributed by atoms with Crippen molar-refractivity contribution in [3.8, 4) is 5.75 Å². The Morgan fingerprint density at radius 3 is 2.69 bits per heavy atom. The molecule has 1 aromatic rings. The predicted octanol–water partition coefficient (Wildman–Crippen LogP) is 0.965. The third-order valence-electron chi connectivity index (χ3n) is 1.17. The summed E-state index contributed by atoms with van der Waals surface area (Å²) in [5.41, 5.74) is 0. The van der Waals surface area contributed by atoms with Gasteiger partial charge in [-0.05, 0) is 6.92 Å². The molecule has 0 aromatic carbocycles. The highest BCUT2D eigenvalue weighted by Crippen LogP contribution is 2.07. The highest BCUT2D eigenvalue weighted by Gasteiger charge is 2.01. The van der Waals surface area contributed by atoms with E-state index in [1.165, 1.54) is 12.4 Å². The molecule has 6 heteroatoms. The number of rotatable bonds is 3. The lowest BCUT2D eigenvalue weighted by molar-refractivity contribution is 0.144. The Bertz CT molecular complexity index is 286. The maximum Gasteiger partial charge on any atom is 0.511 e. The van der Waals surface area contributed by atoms with Crippen molar-refractivity contribution in [2.75, 3.05) is 11.9 Å². The summed E-state index contributed by atoms with van der Waals surface area (Å²) in [6, 6.07) is 0. The number of nitrogens with one attached hydrogen (secondary N) is 1. The number of carboxylic acid groups (broad SMARTS) is 1. The second kappa shape index (κ2) is 4.24. The van der Waals surface area contributed by atoms with Crippen LogP contribution in [0.5, 0.6) is 5.75 Å². The number of hydrogen-bond donors (Lipinski definition) is 2. The molecule has 0 fully saturated rings. The van der Waals surface area contributed by atoms with Crippen LogP contribution in [-0.4, -0.2) is 27.8 Å². The first kappa shape index (κ1) is 9.24. The number of aromatic nitrogens is 2. The molecule has 0 saturated carbocycles. The van der Waals surface area contributed by atoms with Crippen LogP contribution in [0.25, 0.3) is 0 Å². The lowest BCUT2D eigenvalue weighted by Gasteiger charge is -2.01. The number of nitrogens with zero attached hydrogens (tertiary/aromatic N) is 2. The van der Waals surface area contributed by atoms with Gasteiger partial charge in [-0.15, -0.1) is 0 Å². The van der Waals surface area contributed by atoms with Gasteiger partial charge in [-0.2, -0.15) is 0 Å². The van der Waals surface area contributed by atoms with E-state index in [0.29, 0.717) is 12.5 Å². The average Bonchev–Trinajstić information content (AvgIpc) is 2.08. The summed E-state index contributed by atoms with van der Waals surface area (Å²) < 4.78 is 4.31. The molecule has 1 heterocycles. The molecular weight excluding hydrogens is 174 g/mol. The van der Waals surface area contributed by atoms with Gasteiger partial charge < -0.3 is 15.2 Å². The van der Waals surface area contributed by atoms with Gasteiger partial charge in [0.2, 0.25) is 5.95 Å². The molecule has 0 saturated heterocycles.